The number of halogens is 2. The largest absolute Gasteiger partial charge is 0.444 e. The van der Waals surface area contributed by atoms with E-state index < -0.39 is 30.2 Å². The van der Waals surface area contributed by atoms with Gasteiger partial charge in [0.25, 0.3) is 5.92 Å². The molecule has 0 aromatic heterocycles. The van der Waals surface area contributed by atoms with Gasteiger partial charge in [-0.3, -0.25) is 0 Å². The molecule has 1 heterocycles. The van der Waals surface area contributed by atoms with Gasteiger partial charge >= 0.3 is 6.09 Å². The summed E-state index contributed by atoms with van der Waals surface area (Å²) in [7, 11) is 0. The van der Waals surface area contributed by atoms with Gasteiger partial charge in [-0.2, -0.15) is 0 Å². The number of carbonyl (C=O) groups is 1. The van der Waals surface area contributed by atoms with Crippen molar-refractivity contribution in [1.82, 2.24) is 10.2 Å². The molecule has 0 bridgehead atoms. The lowest BCUT2D eigenvalue weighted by Crippen LogP contribution is -2.59. The molecule has 0 aliphatic carbocycles. The maximum atomic E-state index is 14.5. The van der Waals surface area contributed by atoms with Crippen molar-refractivity contribution in [3.05, 3.63) is 35.9 Å². The van der Waals surface area contributed by atoms with Crippen LogP contribution in [0.5, 0.6) is 0 Å². The summed E-state index contributed by atoms with van der Waals surface area (Å²) < 4.78 is 34.1. The zero-order chi connectivity index (χ0) is 18.0. The second kappa shape index (κ2) is 7.05. The molecule has 1 fully saturated rings. The Morgan fingerprint density at radius 2 is 1.96 bits per heavy atom. The van der Waals surface area contributed by atoms with E-state index in [0.717, 1.165) is 10.5 Å². The second-order valence-corrected chi connectivity index (χ2v) is 7.30. The van der Waals surface area contributed by atoms with Crippen molar-refractivity contribution in [1.29, 1.82) is 0 Å². The van der Waals surface area contributed by atoms with E-state index in [9.17, 15) is 13.6 Å². The molecule has 134 valence electrons. The predicted octanol–water partition coefficient (Wildman–Crippen LogP) is 3.98. The maximum Gasteiger partial charge on any atom is 0.410 e. The topological polar surface area (TPSA) is 41.6 Å². The van der Waals surface area contributed by atoms with Gasteiger partial charge in [0.1, 0.15) is 5.60 Å². The third-order valence-electron chi connectivity index (χ3n) is 4.00. The highest BCUT2D eigenvalue weighted by atomic mass is 19.3. The van der Waals surface area contributed by atoms with Crippen LogP contribution in [0.3, 0.4) is 0 Å². The second-order valence-electron chi connectivity index (χ2n) is 7.30. The van der Waals surface area contributed by atoms with Crippen LogP contribution in [0.25, 0.3) is 0 Å². The Bertz CT molecular complexity index is 558. The van der Waals surface area contributed by atoms with Gasteiger partial charge in [0.05, 0.1) is 12.6 Å². The average Bonchev–Trinajstić information content (AvgIpc) is 2.48. The third kappa shape index (κ3) is 4.90. The van der Waals surface area contributed by atoms with Crippen LogP contribution in [-0.2, 0) is 4.74 Å². The number of rotatable bonds is 3. The van der Waals surface area contributed by atoms with Crippen LogP contribution in [0.4, 0.5) is 13.6 Å². The first-order valence-corrected chi connectivity index (χ1v) is 8.25. The van der Waals surface area contributed by atoms with Crippen LogP contribution in [0.15, 0.2) is 30.3 Å². The lowest BCUT2D eigenvalue weighted by atomic mass is 9.98. The number of likely N-dealkylation sites (tertiary alicyclic amines) is 1. The van der Waals surface area contributed by atoms with Crippen molar-refractivity contribution < 1.29 is 18.3 Å². The highest BCUT2D eigenvalue weighted by Crippen LogP contribution is 2.30. The van der Waals surface area contributed by atoms with Crippen LogP contribution in [-0.4, -0.2) is 41.6 Å². The van der Waals surface area contributed by atoms with Gasteiger partial charge in [-0.15, -0.1) is 0 Å². The minimum Gasteiger partial charge on any atom is -0.444 e. The van der Waals surface area contributed by atoms with Gasteiger partial charge in [0.15, 0.2) is 0 Å². The van der Waals surface area contributed by atoms with E-state index in [2.05, 4.69) is 5.32 Å². The molecule has 4 nitrogen and oxygen atoms in total. The van der Waals surface area contributed by atoms with Crippen molar-refractivity contribution in [2.24, 2.45) is 0 Å². The molecule has 1 amide bonds. The van der Waals surface area contributed by atoms with Crippen LogP contribution in [0.2, 0.25) is 0 Å². The lowest BCUT2D eigenvalue weighted by Gasteiger charge is -2.40. The van der Waals surface area contributed by atoms with Crippen molar-refractivity contribution in [2.45, 2.75) is 57.7 Å². The zero-order valence-corrected chi connectivity index (χ0v) is 14.7. The normalized spacial score (nSPS) is 22.1. The maximum absolute atomic E-state index is 14.5. The first kappa shape index (κ1) is 18.6. The summed E-state index contributed by atoms with van der Waals surface area (Å²) in [6, 6.07) is 8.33. The smallest absolute Gasteiger partial charge is 0.410 e. The highest BCUT2D eigenvalue weighted by Gasteiger charge is 2.47. The van der Waals surface area contributed by atoms with Crippen molar-refractivity contribution in [3.8, 4) is 0 Å². The minimum absolute atomic E-state index is 0.184. The quantitative estimate of drug-likeness (QED) is 0.905. The van der Waals surface area contributed by atoms with Crippen LogP contribution < -0.4 is 5.32 Å². The minimum atomic E-state index is -3.00. The number of hydrogen-bond acceptors (Lipinski definition) is 3. The summed E-state index contributed by atoms with van der Waals surface area (Å²) >= 11 is 0. The molecule has 1 aliphatic rings. The Kier molecular flexibility index (Phi) is 5.48. The molecule has 24 heavy (non-hydrogen) atoms. The Balaban J connectivity index is 1.97. The lowest BCUT2D eigenvalue weighted by molar-refractivity contribution is -0.0934. The number of benzene rings is 1. The Morgan fingerprint density at radius 1 is 1.33 bits per heavy atom. The molecule has 1 saturated heterocycles. The molecule has 0 spiro atoms. The molecule has 2 unspecified atom stereocenters. The summed E-state index contributed by atoms with van der Waals surface area (Å²) in [6.45, 7) is 6.66. The number of hydrogen-bond donors (Lipinski definition) is 1. The van der Waals surface area contributed by atoms with E-state index in [4.69, 9.17) is 4.74 Å². The molecular formula is C18H26F2N2O2. The Hall–Kier alpha value is -1.69. The van der Waals surface area contributed by atoms with Gasteiger partial charge in [-0.25, -0.2) is 13.6 Å². The molecule has 2 atom stereocenters. The van der Waals surface area contributed by atoms with Crippen molar-refractivity contribution in [2.75, 3.05) is 13.1 Å². The van der Waals surface area contributed by atoms with E-state index in [-0.39, 0.29) is 19.0 Å². The SMILES string of the molecule is CC(NC1CCN(C(=O)OC(C)(C)C)CC1(F)F)c1ccccc1. The fraction of sp³-hybridized carbons (Fsp3) is 0.611. The first-order valence-electron chi connectivity index (χ1n) is 8.25. The summed E-state index contributed by atoms with van der Waals surface area (Å²) in [5.41, 5.74) is 0.270. The van der Waals surface area contributed by atoms with E-state index in [1.165, 1.54) is 0 Å². The number of amides is 1. The molecule has 1 aromatic rings. The number of ether oxygens (including phenoxy) is 1. The van der Waals surface area contributed by atoms with Crippen LogP contribution in [0.1, 0.15) is 45.7 Å². The van der Waals surface area contributed by atoms with E-state index in [1.54, 1.807) is 20.8 Å². The van der Waals surface area contributed by atoms with Gasteiger partial charge in [0, 0.05) is 12.6 Å². The molecule has 0 saturated carbocycles. The number of piperidine rings is 1. The summed E-state index contributed by atoms with van der Waals surface area (Å²) in [6.07, 6.45) is -0.500. The van der Waals surface area contributed by atoms with Gasteiger partial charge in [-0.05, 0) is 39.7 Å². The third-order valence-corrected chi connectivity index (χ3v) is 4.00. The number of carbonyl (C=O) groups excluding carboxylic acids is 1. The standard InChI is InChI=1S/C18H26F2N2O2/c1-13(14-8-6-5-7-9-14)21-15-10-11-22(12-18(15,19)20)16(23)24-17(2,3)4/h5-9,13,15,21H,10-12H2,1-4H3. The van der Waals surface area contributed by atoms with Crippen LogP contribution >= 0.6 is 0 Å². The number of alkyl halides is 2. The first-order chi connectivity index (χ1) is 11.1. The zero-order valence-electron chi connectivity index (χ0n) is 14.7. The van der Waals surface area contributed by atoms with Gasteiger partial charge in [-0.1, -0.05) is 30.3 Å². The van der Waals surface area contributed by atoms with E-state index in [0.29, 0.717) is 0 Å². The predicted molar refractivity (Wildman–Crippen MR) is 89.2 cm³/mol. The summed E-state index contributed by atoms with van der Waals surface area (Å²) in [5.74, 6) is -3.00. The van der Waals surface area contributed by atoms with Crippen molar-refractivity contribution >= 4 is 6.09 Å². The molecular weight excluding hydrogens is 314 g/mol. The van der Waals surface area contributed by atoms with Crippen molar-refractivity contribution in [3.63, 3.8) is 0 Å². The average molecular weight is 340 g/mol. The van der Waals surface area contributed by atoms with Gasteiger partial charge in [0.2, 0.25) is 0 Å². The monoisotopic (exact) mass is 340 g/mol. The highest BCUT2D eigenvalue weighted by molar-refractivity contribution is 5.68. The van der Waals surface area contributed by atoms with E-state index >= 15 is 0 Å². The van der Waals surface area contributed by atoms with Gasteiger partial charge < -0.3 is 15.0 Å². The molecule has 1 aliphatic heterocycles. The fourth-order valence-corrected chi connectivity index (χ4v) is 2.77. The molecule has 1 aromatic carbocycles. The molecule has 2 rings (SSSR count). The Morgan fingerprint density at radius 3 is 2.50 bits per heavy atom. The Labute approximate surface area is 142 Å². The number of nitrogens with zero attached hydrogens (tertiary/aromatic N) is 1. The molecule has 6 heteroatoms. The van der Waals surface area contributed by atoms with Crippen LogP contribution in [0, 0.1) is 0 Å². The summed E-state index contributed by atoms with van der Waals surface area (Å²) in [5, 5.41) is 3.00. The fourth-order valence-electron chi connectivity index (χ4n) is 2.77. The molecule has 0 radical (unpaired) electrons. The number of nitrogens with one attached hydrogen (secondary N) is 1. The molecule has 1 N–H and O–H groups in total. The van der Waals surface area contributed by atoms with E-state index in [1.807, 2.05) is 37.3 Å². The summed E-state index contributed by atoms with van der Waals surface area (Å²) in [4.78, 5) is 13.1.